The molecule has 1 fully saturated rings. The van der Waals surface area contributed by atoms with Crippen molar-refractivity contribution in [2.75, 3.05) is 47.1 Å². The standard InChI is InChI=1S/C37H33F2N3O7/c1-45-26-20-41(21-26)12-14-47-34-18-29-27(17-33(34)46-2)31(9-11-40-29)49-32-8-3-22(15-28(32)39)16-30(43)35-36-23(10-13-48-36)19-42(37(35)44)25-6-4-24(38)5-7-25/h3-9,11,15,17-19,26H,10,12-14,16,20-21H2,1-2H3. The van der Waals surface area contributed by atoms with Crippen LogP contribution >= 0.6 is 0 Å². The van der Waals surface area contributed by atoms with Crippen molar-refractivity contribution >= 4 is 16.7 Å². The number of ether oxygens (including phenoxy) is 5. The van der Waals surface area contributed by atoms with Gasteiger partial charge in [-0.25, -0.2) is 8.78 Å². The number of rotatable bonds is 12. The normalized spacial score (nSPS) is 14.3. The molecular weight excluding hydrogens is 636 g/mol. The van der Waals surface area contributed by atoms with E-state index in [-0.39, 0.29) is 29.6 Å². The minimum absolute atomic E-state index is 0.0606. The molecule has 2 aliphatic heterocycles. The zero-order valence-corrected chi connectivity index (χ0v) is 26.9. The fraction of sp³-hybridized carbons (Fsp3) is 0.270. The molecule has 4 heterocycles. The second-order valence-electron chi connectivity index (χ2n) is 11.9. The second-order valence-corrected chi connectivity index (χ2v) is 11.9. The third-order valence-electron chi connectivity index (χ3n) is 8.73. The number of benzene rings is 3. The molecule has 5 aromatic rings. The van der Waals surface area contributed by atoms with Gasteiger partial charge in [0.2, 0.25) is 0 Å². The number of carbonyl (C=O) groups excluding carboxylic acids is 1. The Morgan fingerprint density at radius 1 is 0.980 bits per heavy atom. The highest BCUT2D eigenvalue weighted by atomic mass is 19.1. The summed E-state index contributed by atoms with van der Waals surface area (Å²) in [7, 11) is 3.25. The molecule has 0 radical (unpaired) electrons. The van der Waals surface area contributed by atoms with Gasteiger partial charge in [-0.2, -0.15) is 0 Å². The summed E-state index contributed by atoms with van der Waals surface area (Å²) < 4.78 is 58.9. The molecule has 7 rings (SSSR count). The first-order chi connectivity index (χ1) is 23.8. The highest BCUT2D eigenvalue weighted by molar-refractivity contribution is 6.00. The average Bonchev–Trinajstić information content (AvgIpc) is 3.55. The van der Waals surface area contributed by atoms with Gasteiger partial charge >= 0.3 is 0 Å². The van der Waals surface area contributed by atoms with Gasteiger partial charge < -0.3 is 23.7 Å². The average molecular weight is 670 g/mol. The molecule has 0 bridgehead atoms. The van der Waals surface area contributed by atoms with Crippen LogP contribution in [-0.2, 0) is 17.6 Å². The van der Waals surface area contributed by atoms with E-state index in [0.29, 0.717) is 64.6 Å². The van der Waals surface area contributed by atoms with Crippen LogP contribution in [0.15, 0.2) is 77.9 Å². The largest absolute Gasteiger partial charge is 0.493 e. The molecule has 10 nitrogen and oxygen atoms in total. The summed E-state index contributed by atoms with van der Waals surface area (Å²) in [6.45, 7) is 3.26. The quantitative estimate of drug-likeness (QED) is 0.159. The lowest BCUT2D eigenvalue weighted by molar-refractivity contribution is -0.0334. The van der Waals surface area contributed by atoms with E-state index in [9.17, 15) is 14.0 Å². The van der Waals surface area contributed by atoms with Crippen molar-refractivity contribution in [1.82, 2.24) is 14.5 Å². The first kappa shape index (κ1) is 32.2. The maximum Gasteiger partial charge on any atom is 0.269 e. The third kappa shape index (κ3) is 6.57. The highest BCUT2D eigenvalue weighted by Crippen LogP contribution is 2.38. The summed E-state index contributed by atoms with van der Waals surface area (Å²) in [4.78, 5) is 33.7. The lowest BCUT2D eigenvalue weighted by atomic mass is 10.0. The van der Waals surface area contributed by atoms with Crippen molar-refractivity contribution < 1.29 is 37.3 Å². The monoisotopic (exact) mass is 669 g/mol. The van der Waals surface area contributed by atoms with Gasteiger partial charge in [0.25, 0.3) is 5.56 Å². The summed E-state index contributed by atoms with van der Waals surface area (Å²) >= 11 is 0. The molecule has 1 saturated heterocycles. The molecule has 2 aromatic heterocycles. The third-order valence-corrected chi connectivity index (χ3v) is 8.73. The second kappa shape index (κ2) is 13.7. The Balaban J connectivity index is 1.09. The van der Waals surface area contributed by atoms with Crippen molar-refractivity contribution in [3.63, 3.8) is 0 Å². The molecule has 0 saturated carbocycles. The molecule has 49 heavy (non-hydrogen) atoms. The number of ketones is 1. The van der Waals surface area contributed by atoms with Crippen LogP contribution in [0, 0.1) is 11.6 Å². The van der Waals surface area contributed by atoms with E-state index in [1.54, 1.807) is 43.8 Å². The van der Waals surface area contributed by atoms with Crippen LogP contribution < -0.4 is 24.5 Å². The van der Waals surface area contributed by atoms with Crippen molar-refractivity contribution in [1.29, 1.82) is 0 Å². The van der Waals surface area contributed by atoms with Crippen molar-refractivity contribution in [2.24, 2.45) is 0 Å². The van der Waals surface area contributed by atoms with Crippen LogP contribution in [-0.4, -0.2) is 73.4 Å². The Morgan fingerprint density at radius 3 is 2.55 bits per heavy atom. The van der Waals surface area contributed by atoms with Crippen molar-refractivity contribution in [2.45, 2.75) is 18.9 Å². The molecule has 0 unspecified atom stereocenters. The molecule has 0 spiro atoms. The molecular formula is C37H33F2N3O7. The zero-order chi connectivity index (χ0) is 34.1. The summed E-state index contributed by atoms with van der Waals surface area (Å²) in [6.07, 6.45) is 3.69. The van der Waals surface area contributed by atoms with Gasteiger partial charge in [-0.1, -0.05) is 6.07 Å². The zero-order valence-electron chi connectivity index (χ0n) is 26.9. The van der Waals surface area contributed by atoms with Gasteiger partial charge in [0.15, 0.2) is 28.8 Å². The van der Waals surface area contributed by atoms with Crippen molar-refractivity contribution in [3.8, 4) is 34.4 Å². The molecule has 2 aliphatic rings. The number of likely N-dealkylation sites (tertiary alicyclic amines) is 1. The van der Waals surface area contributed by atoms with Gasteiger partial charge in [0.1, 0.15) is 29.5 Å². The molecule has 0 N–H and O–H groups in total. The first-order valence-electron chi connectivity index (χ1n) is 15.8. The number of hydrogen-bond acceptors (Lipinski definition) is 9. The van der Waals surface area contributed by atoms with Gasteiger partial charge in [-0.05, 0) is 54.1 Å². The highest BCUT2D eigenvalue weighted by Gasteiger charge is 2.28. The summed E-state index contributed by atoms with van der Waals surface area (Å²) in [5, 5.41) is 0.589. The van der Waals surface area contributed by atoms with Crippen molar-refractivity contribution in [3.05, 3.63) is 112 Å². The lowest BCUT2D eigenvalue weighted by Gasteiger charge is -2.37. The number of methoxy groups -OCH3 is 2. The van der Waals surface area contributed by atoms with Crippen LogP contribution in [0.4, 0.5) is 8.78 Å². The minimum atomic E-state index is -0.692. The number of pyridine rings is 2. The Morgan fingerprint density at radius 2 is 1.80 bits per heavy atom. The van der Waals surface area contributed by atoms with E-state index in [1.165, 1.54) is 48.1 Å². The lowest BCUT2D eigenvalue weighted by Crippen LogP contribution is -2.52. The molecule has 0 aliphatic carbocycles. The number of nitrogens with zero attached hydrogens (tertiary/aromatic N) is 3. The van der Waals surface area contributed by atoms with Gasteiger partial charge in [-0.3, -0.25) is 24.0 Å². The predicted molar refractivity (Wildman–Crippen MR) is 177 cm³/mol. The van der Waals surface area contributed by atoms with E-state index in [2.05, 4.69) is 9.88 Å². The van der Waals surface area contributed by atoms with E-state index in [1.807, 2.05) is 0 Å². The minimum Gasteiger partial charge on any atom is -0.493 e. The molecule has 3 aromatic carbocycles. The fourth-order valence-electron chi connectivity index (χ4n) is 6.05. The Bertz CT molecular complexity index is 2100. The Hall–Kier alpha value is -5.33. The van der Waals surface area contributed by atoms with Gasteiger partial charge in [0.05, 0.1) is 25.3 Å². The van der Waals surface area contributed by atoms with Crippen LogP contribution in [0.3, 0.4) is 0 Å². The maximum absolute atomic E-state index is 15.5. The molecule has 12 heteroatoms. The van der Waals surface area contributed by atoms with Gasteiger partial charge in [-0.15, -0.1) is 0 Å². The van der Waals surface area contributed by atoms with E-state index in [4.69, 9.17) is 23.7 Å². The summed E-state index contributed by atoms with van der Waals surface area (Å²) in [5.41, 5.74) is 1.30. The van der Waals surface area contributed by atoms with E-state index >= 15 is 4.39 Å². The number of aromatic nitrogens is 2. The van der Waals surface area contributed by atoms with Crippen LogP contribution in [0.1, 0.15) is 21.5 Å². The Labute approximate surface area is 280 Å². The number of hydrogen-bond donors (Lipinski definition) is 0. The molecule has 0 atom stereocenters. The molecule has 0 amide bonds. The summed E-state index contributed by atoms with van der Waals surface area (Å²) in [5.74, 6) is -0.132. The topological polar surface area (TPSA) is 101 Å². The van der Waals surface area contributed by atoms with Crippen LogP contribution in [0.25, 0.3) is 16.6 Å². The fourth-order valence-corrected chi connectivity index (χ4v) is 6.05. The van der Waals surface area contributed by atoms with Gasteiger partial charge in [0, 0.05) is 74.7 Å². The van der Waals surface area contributed by atoms with E-state index in [0.717, 1.165) is 19.6 Å². The van der Waals surface area contributed by atoms with Crippen LogP contribution in [0.5, 0.6) is 28.7 Å². The maximum atomic E-state index is 15.5. The number of fused-ring (bicyclic) bond motifs is 2. The summed E-state index contributed by atoms with van der Waals surface area (Å²) in [6, 6.07) is 14.7. The Kier molecular flexibility index (Phi) is 8.98. The SMILES string of the molecule is COc1cc2c(Oc3ccc(CC(=O)c4c5c(cn(-c6ccc(F)cc6)c4=O)CCO5)cc3F)ccnc2cc1OCCN1CC(OC)C1. The smallest absolute Gasteiger partial charge is 0.269 e. The van der Waals surface area contributed by atoms with Crippen LogP contribution in [0.2, 0.25) is 0 Å². The number of Topliss-reactive ketones (excluding diaryl/α,β-unsaturated/α-hetero) is 1. The number of halogens is 2. The first-order valence-corrected chi connectivity index (χ1v) is 15.8. The predicted octanol–water partition coefficient (Wildman–Crippen LogP) is 5.53. The molecule has 252 valence electrons. The van der Waals surface area contributed by atoms with E-state index < -0.39 is 23.0 Å². The number of carbonyl (C=O) groups is 1.